The molecular weight excluding hydrogens is 368 g/mol. The maximum absolute atomic E-state index is 11.5. The maximum Gasteiger partial charge on any atom is 0.338 e. The van der Waals surface area contributed by atoms with Crippen molar-refractivity contribution >= 4 is 33.2 Å². The van der Waals surface area contributed by atoms with Crippen LogP contribution in [-0.4, -0.2) is 22.9 Å². The molecule has 2 aromatic heterocycles. The largest absolute Gasteiger partial charge is 0.478 e. The van der Waals surface area contributed by atoms with Crippen LogP contribution in [0.3, 0.4) is 0 Å². The van der Waals surface area contributed by atoms with Gasteiger partial charge in [-0.3, -0.25) is 0 Å². The molecular formula is C19H16N2O5S. The molecule has 0 radical (unpaired) electrons. The number of carboxylic acids is 1. The Hall–Kier alpha value is -3.26. The van der Waals surface area contributed by atoms with Crippen molar-refractivity contribution in [1.29, 1.82) is 0 Å². The van der Waals surface area contributed by atoms with E-state index in [0.717, 1.165) is 11.1 Å². The monoisotopic (exact) mass is 384 g/mol. The standard InChI is InChI=1S/C19H16N2O5S/c20-18-16-13(9-27-17(16)12(7-21-18)19(22)23)14(26-15-8-24-10-25-15)6-11-4-2-1-3-5-11/h1-5,7-9,14H,6,10H2,(H2,20,21)(H,22,23). The molecule has 138 valence electrons. The minimum absolute atomic E-state index is 0.102. The maximum atomic E-state index is 11.5. The lowest BCUT2D eigenvalue weighted by molar-refractivity contribution is -0.0214. The highest BCUT2D eigenvalue weighted by Gasteiger charge is 2.25. The molecule has 0 spiro atoms. The van der Waals surface area contributed by atoms with Crippen LogP contribution in [0.5, 0.6) is 0 Å². The van der Waals surface area contributed by atoms with Crippen LogP contribution in [-0.2, 0) is 20.6 Å². The lowest BCUT2D eigenvalue weighted by Crippen LogP contribution is -2.09. The van der Waals surface area contributed by atoms with E-state index >= 15 is 0 Å². The molecule has 0 aliphatic carbocycles. The van der Waals surface area contributed by atoms with Crippen LogP contribution in [0.25, 0.3) is 10.1 Å². The number of rotatable bonds is 6. The molecule has 3 heterocycles. The molecule has 0 bridgehead atoms. The van der Waals surface area contributed by atoms with E-state index in [0.29, 0.717) is 16.5 Å². The number of aromatic carboxylic acids is 1. The zero-order valence-electron chi connectivity index (χ0n) is 14.1. The Kier molecular flexibility index (Phi) is 4.55. The van der Waals surface area contributed by atoms with Crippen LogP contribution in [0.15, 0.2) is 54.1 Å². The van der Waals surface area contributed by atoms with Gasteiger partial charge in [-0.2, -0.15) is 0 Å². The Morgan fingerprint density at radius 3 is 2.89 bits per heavy atom. The summed E-state index contributed by atoms with van der Waals surface area (Å²) < 4.78 is 17.0. The number of aromatic nitrogens is 1. The second-order valence-electron chi connectivity index (χ2n) is 5.92. The summed E-state index contributed by atoms with van der Waals surface area (Å²) in [6.07, 6.45) is 2.80. The van der Waals surface area contributed by atoms with E-state index in [2.05, 4.69) is 4.98 Å². The smallest absolute Gasteiger partial charge is 0.338 e. The summed E-state index contributed by atoms with van der Waals surface area (Å²) >= 11 is 1.31. The number of anilines is 1. The lowest BCUT2D eigenvalue weighted by Gasteiger charge is -2.19. The van der Waals surface area contributed by atoms with Crippen molar-refractivity contribution in [2.45, 2.75) is 12.5 Å². The molecule has 0 saturated carbocycles. The highest BCUT2D eigenvalue weighted by Crippen LogP contribution is 2.39. The van der Waals surface area contributed by atoms with Gasteiger partial charge in [-0.1, -0.05) is 30.3 Å². The third-order valence-corrected chi connectivity index (χ3v) is 5.23. The Balaban J connectivity index is 1.79. The van der Waals surface area contributed by atoms with Gasteiger partial charge >= 0.3 is 11.9 Å². The van der Waals surface area contributed by atoms with Gasteiger partial charge in [-0.15, -0.1) is 11.3 Å². The summed E-state index contributed by atoms with van der Waals surface area (Å²) in [7, 11) is 0. The van der Waals surface area contributed by atoms with Crippen molar-refractivity contribution in [3.05, 3.63) is 70.8 Å². The summed E-state index contributed by atoms with van der Waals surface area (Å²) in [6, 6.07) is 9.83. The molecule has 0 amide bonds. The fraction of sp³-hybridized carbons (Fsp3) is 0.158. The molecule has 3 aromatic rings. The fourth-order valence-corrected chi connectivity index (χ4v) is 4.08. The molecule has 1 atom stereocenters. The van der Waals surface area contributed by atoms with E-state index in [1.54, 1.807) is 0 Å². The predicted molar refractivity (Wildman–Crippen MR) is 100 cm³/mol. The van der Waals surface area contributed by atoms with Crippen molar-refractivity contribution in [1.82, 2.24) is 4.98 Å². The number of fused-ring (bicyclic) bond motifs is 1. The SMILES string of the molecule is Nc1ncc(C(=O)O)c2scc(C(Cc3ccccc3)OC3=COCO3)c12. The van der Waals surface area contributed by atoms with Crippen molar-refractivity contribution < 1.29 is 24.1 Å². The molecule has 0 saturated heterocycles. The predicted octanol–water partition coefficient (Wildman–Crippen LogP) is 3.68. The molecule has 0 fully saturated rings. The first kappa shape index (κ1) is 17.2. The number of benzene rings is 1. The van der Waals surface area contributed by atoms with E-state index < -0.39 is 12.1 Å². The summed E-state index contributed by atoms with van der Waals surface area (Å²) in [4.78, 5) is 15.6. The minimum atomic E-state index is -1.04. The van der Waals surface area contributed by atoms with Crippen molar-refractivity contribution in [2.75, 3.05) is 12.5 Å². The summed E-state index contributed by atoms with van der Waals surface area (Å²) in [5.74, 6) is -0.502. The van der Waals surface area contributed by atoms with Gasteiger partial charge in [0, 0.05) is 23.6 Å². The van der Waals surface area contributed by atoms with E-state index in [1.807, 2.05) is 35.7 Å². The Morgan fingerprint density at radius 2 is 2.19 bits per heavy atom. The number of carbonyl (C=O) groups is 1. The lowest BCUT2D eigenvalue weighted by atomic mass is 10.00. The summed E-state index contributed by atoms with van der Waals surface area (Å²) in [6.45, 7) is 0.102. The summed E-state index contributed by atoms with van der Waals surface area (Å²) in [5.41, 5.74) is 8.03. The fourth-order valence-electron chi connectivity index (χ4n) is 2.95. The van der Waals surface area contributed by atoms with Gasteiger partial charge in [-0.05, 0) is 10.9 Å². The van der Waals surface area contributed by atoms with Crippen molar-refractivity contribution in [3.8, 4) is 0 Å². The number of hydrogen-bond acceptors (Lipinski definition) is 7. The van der Waals surface area contributed by atoms with Gasteiger partial charge in [-0.25, -0.2) is 9.78 Å². The van der Waals surface area contributed by atoms with Gasteiger partial charge in [0.05, 0.1) is 10.3 Å². The van der Waals surface area contributed by atoms with Gasteiger partial charge in [0.25, 0.3) is 0 Å². The minimum Gasteiger partial charge on any atom is -0.478 e. The number of ether oxygens (including phenoxy) is 3. The van der Waals surface area contributed by atoms with Crippen LogP contribution < -0.4 is 5.73 Å². The molecule has 1 aliphatic rings. The van der Waals surface area contributed by atoms with Crippen molar-refractivity contribution in [3.63, 3.8) is 0 Å². The zero-order chi connectivity index (χ0) is 18.8. The molecule has 1 aromatic carbocycles. The number of hydrogen-bond donors (Lipinski definition) is 2. The average Bonchev–Trinajstić information content (AvgIpc) is 3.32. The van der Waals surface area contributed by atoms with Gasteiger partial charge in [0.15, 0.2) is 6.26 Å². The second kappa shape index (κ2) is 7.16. The number of nitrogen functional groups attached to an aromatic ring is 1. The molecule has 3 N–H and O–H groups in total. The van der Waals surface area contributed by atoms with Gasteiger partial charge < -0.3 is 25.1 Å². The first-order chi connectivity index (χ1) is 13.1. The normalized spacial score (nSPS) is 14.3. The number of nitrogens with two attached hydrogens (primary N) is 1. The summed E-state index contributed by atoms with van der Waals surface area (Å²) in [5, 5.41) is 11.9. The highest BCUT2D eigenvalue weighted by atomic mass is 32.1. The quantitative estimate of drug-likeness (QED) is 0.668. The van der Waals surface area contributed by atoms with E-state index in [9.17, 15) is 9.90 Å². The van der Waals surface area contributed by atoms with Crippen LogP contribution in [0, 0.1) is 0 Å². The number of pyridine rings is 1. The van der Waals surface area contributed by atoms with E-state index in [1.165, 1.54) is 23.8 Å². The molecule has 4 rings (SSSR count). The van der Waals surface area contributed by atoms with Crippen molar-refractivity contribution in [2.24, 2.45) is 0 Å². The van der Waals surface area contributed by atoms with Gasteiger partial charge in [0.1, 0.15) is 11.9 Å². The third-order valence-electron chi connectivity index (χ3n) is 4.20. The van der Waals surface area contributed by atoms with Crippen LogP contribution >= 0.6 is 11.3 Å². The van der Waals surface area contributed by atoms with E-state index in [4.69, 9.17) is 19.9 Å². The molecule has 7 nitrogen and oxygen atoms in total. The molecule has 1 aliphatic heterocycles. The Labute approximate surface area is 158 Å². The molecule has 27 heavy (non-hydrogen) atoms. The zero-order valence-corrected chi connectivity index (χ0v) is 14.9. The molecule has 1 unspecified atom stereocenters. The number of thiophene rings is 1. The van der Waals surface area contributed by atoms with Gasteiger partial charge in [0.2, 0.25) is 6.79 Å². The van der Waals surface area contributed by atoms with Crippen LogP contribution in [0.1, 0.15) is 27.6 Å². The second-order valence-corrected chi connectivity index (χ2v) is 6.80. The Morgan fingerprint density at radius 1 is 1.37 bits per heavy atom. The van der Waals surface area contributed by atoms with Crippen LogP contribution in [0.4, 0.5) is 5.82 Å². The first-order valence-corrected chi connectivity index (χ1v) is 9.05. The Bertz CT molecular complexity index is 1020. The highest BCUT2D eigenvalue weighted by molar-refractivity contribution is 7.17. The average molecular weight is 384 g/mol. The number of carboxylic acid groups (broad SMARTS) is 1. The van der Waals surface area contributed by atoms with E-state index in [-0.39, 0.29) is 24.1 Å². The third kappa shape index (κ3) is 3.39. The van der Waals surface area contributed by atoms with Crippen LogP contribution in [0.2, 0.25) is 0 Å². The topological polar surface area (TPSA) is 104 Å². The first-order valence-electron chi connectivity index (χ1n) is 8.17. The molecule has 8 heteroatoms. The number of nitrogens with zero attached hydrogens (tertiary/aromatic N) is 1.